The highest BCUT2D eigenvalue weighted by atomic mass is 35.5. The van der Waals surface area contributed by atoms with Crippen molar-refractivity contribution >= 4 is 29.1 Å². The lowest BCUT2D eigenvalue weighted by Crippen LogP contribution is -2.34. The predicted octanol–water partition coefficient (Wildman–Crippen LogP) is 3.96. The van der Waals surface area contributed by atoms with Crippen molar-refractivity contribution < 1.29 is 27.8 Å². The third-order valence-electron chi connectivity index (χ3n) is 4.85. The second kappa shape index (κ2) is 9.30. The molecule has 1 atom stereocenters. The summed E-state index contributed by atoms with van der Waals surface area (Å²) >= 11 is 5.89. The summed E-state index contributed by atoms with van der Waals surface area (Å²) in [7, 11) is 2.98. The fourth-order valence-electron chi connectivity index (χ4n) is 3.41. The molecule has 1 aliphatic heterocycles. The van der Waals surface area contributed by atoms with Gasteiger partial charge in [-0.15, -0.1) is 0 Å². The Morgan fingerprint density at radius 2 is 1.93 bits per heavy atom. The van der Waals surface area contributed by atoms with Crippen LogP contribution < -0.4 is 14.4 Å². The molecule has 2 amide bonds. The molecule has 6 nitrogen and oxygen atoms in total. The molecule has 2 aromatic carbocycles. The van der Waals surface area contributed by atoms with Gasteiger partial charge in [0.15, 0.2) is 11.5 Å². The molecule has 0 saturated carbocycles. The quantitative estimate of drug-likeness (QED) is 0.656. The minimum Gasteiger partial charge on any atom is -0.493 e. The first-order valence-electron chi connectivity index (χ1n) is 9.21. The van der Waals surface area contributed by atoms with Crippen LogP contribution in [0.25, 0.3) is 0 Å². The molecule has 0 aliphatic carbocycles. The number of ether oxygens (including phenoxy) is 2. The molecule has 30 heavy (non-hydrogen) atoms. The number of nitrogens with zero attached hydrogens (tertiary/aromatic N) is 2. The molecule has 9 heteroatoms. The van der Waals surface area contributed by atoms with Crippen molar-refractivity contribution in [3.63, 3.8) is 0 Å². The highest BCUT2D eigenvalue weighted by molar-refractivity contribution is 6.30. The molecule has 1 saturated heterocycles. The maximum absolute atomic E-state index is 12.9. The number of anilines is 1. The summed E-state index contributed by atoms with van der Waals surface area (Å²) in [4.78, 5) is 28.3. The number of amides is 2. The molecule has 0 spiro atoms. The molecular formula is C21H21ClF2N2O4. The van der Waals surface area contributed by atoms with Crippen LogP contribution in [0.5, 0.6) is 11.5 Å². The summed E-state index contributed by atoms with van der Waals surface area (Å²) in [6.45, 7) is -2.44. The van der Waals surface area contributed by atoms with E-state index in [0.717, 1.165) is 0 Å². The van der Waals surface area contributed by atoms with Gasteiger partial charge in [-0.05, 0) is 42.0 Å². The Hall–Kier alpha value is -2.87. The molecule has 0 aromatic heterocycles. The molecule has 1 heterocycles. The summed E-state index contributed by atoms with van der Waals surface area (Å²) in [5.41, 5.74) is 1.38. The van der Waals surface area contributed by atoms with Crippen LogP contribution in [-0.2, 0) is 16.1 Å². The fourth-order valence-corrected chi connectivity index (χ4v) is 3.54. The van der Waals surface area contributed by atoms with Crippen LogP contribution in [-0.4, -0.2) is 44.0 Å². The number of alkyl halides is 2. The standard InChI is InChI=1S/C21H21ClF2N2O4/c1-25(11-13-3-8-17(30-21(23)24)18(9-13)29-2)20(28)14-10-19(27)26(12-14)16-6-4-15(22)5-7-16/h3-9,14,21H,10-12H2,1-2H3. The summed E-state index contributed by atoms with van der Waals surface area (Å²) in [6, 6.07) is 11.4. The Bertz CT molecular complexity index is 924. The van der Waals surface area contributed by atoms with Gasteiger partial charge in [0, 0.05) is 37.3 Å². The summed E-state index contributed by atoms with van der Waals surface area (Å²) in [5.74, 6) is -0.698. The van der Waals surface area contributed by atoms with E-state index in [9.17, 15) is 18.4 Å². The third-order valence-corrected chi connectivity index (χ3v) is 5.10. The normalized spacial score (nSPS) is 16.1. The fraction of sp³-hybridized carbons (Fsp3) is 0.333. The zero-order valence-electron chi connectivity index (χ0n) is 16.5. The first kappa shape index (κ1) is 21.8. The number of methoxy groups -OCH3 is 1. The van der Waals surface area contributed by atoms with Crippen LogP contribution >= 0.6 is 11.6 Å². The van der Waals surface area contributed by atoms with Crippen LogP contribution in [0.2, 0.25) is 5.02 Å². The van der Waals surface area contributed by atoms with Gasteiger partial charge in [-0.3, -0.25) is 9.59 Å². The van der Waals surface area contributed by atoms with E-state index in [4.69, 9.17) is 16.3 Å². The number of halogens is 3. The van der Waals surface area contributed by atoms with Crippen molar-refractivity contribution in [2.75, 3.05) is 25.6 Å². The Labute approximate surface area is 177 Å². The maximum Gasteiger partial charge on any atom is 0.387 e. The molecule has 1 fully saturated rings. The molecular weight excluding hydrogens is 418 g/mol. The second-order valence-electron chi connectivity index (χ2n) is 6.94. The van der Waals surface area contributed by atoms with Crippen molar-refractivity contribution in [3.8, 4) is 11.5 Å². The van der Waals surface area contributed by atoms with Gasteiger partial charge in [-0.2, -0.15) is 8.78 Å². The molecule has 160 valence electrons. The Morgan fingerprint density at radius 3 is 2.57 bits per heavy atom. The van der Waals surface area contributed by atoms with Crippen LogP contribution in [0.1, 0.15) is 12.0 Å². The maximum atomic E-state index is 12.9. The van der Waals surface area contributed by atoms with Crippen LogP contribution in [0.3, 0.4) is 0 Å². The van der Waals surface area contributed by atoms with Crippen molar-refractivity contribution in [3.05, 3.63) is 53.1 Å². The van der Waals surface area contributed by atoms with Gasteiger partial charge >= 0.3 is 6.61 Å². The smallest absolute Gasteiger partial charge is 0.387 e. The molecule has 0 N–H and O–H groups in total. The van der Waals surface area contributed by atoms with E-state index >= 15 is 0 Å². The van der Waals surface area contributed by atoms with Gasteiger partial charge < -0.3 is 19.3 Å². The molecule has 1 aliphatic rings. The van der Waals surface area contributed by atoms with Gasteiger partial charge in [0.1, 0.15) is 0 Å². The van der Waals surface area contributed by atoms with E-state index in [1.165, 1.54) is 18.1 Å². The SMILES string of the molecule is COc1cc(CN(C)C(=O)C2CC(=O)N(c3ccc(Cl)cc3)C2)ccc1OC(F)F. The number of rotatable bonds is 7. The Balaban J connectivity index is 1.66. The Kier molecular flexibility index (Phi) is 6.77. The van der Waals surface area contributed by atoms with Crippen LogP contribution in [0.15, 0.2) is 42.5 Å². The molecule has 2 aromatic rings. The van der Waals surface area contributed by atoms with Crippen LogP contribution in [0, 0.1) is 5.92 Å². The molecule has 3 rings (SSSR count). The topological polar surface area (TPSA) is 59.1 Å². The van der Waals surface area contributed by atoms with Crippen molar-refractivity contribution in [2.24, 2.45) is 5.92 Å². The van der Waals surface area contributed by atoms with Crippen molar-refractivity contribution in [2.45, 2.75) is 19.6 Å². The van der Waals surface area contributed by atoms with E-state index in [1.807, 2.05) is 0 Å². The number of carbonyl (C=O) groups excluding carboxylic acids is 2. The van der Waals surface area contributed by atoms with E-state index in [2.05, 4.69) is 4.74 Å². The van der Waals surface area contributed by atoms with E-state index in [-0.39, 0.29) is 42.8 Å². The zero-order valence-corrected chi connectivity index (χ0v) is 17.2. The summed E-state index contributed by atoms with van der Waals surface area (Å²) in [6.07, 6.45) is 0.121. The first-order chi connectivity index (χ1) is 14.3. The van der Waals surface area contributed by atoms with Gasteiger partial charge in [0.25, 0.3) is 0 Å². The highest BCUT2D eigenvalue weighted by Gasteiger charge is 2.36. The minimum atomic E-state index is -2.96. The second-order valence-corrected chi connectivity index (χ2v) is 7.38. The summed E-state index contributed by atoms with van der Waals surface area (Å²) < 4.78 is 34.4. The lowest BCUT2D eigenvalue weighted by molar-refractivity contribution is -0.135. The molecule has 0 bridgehead atoms. The van der Waals surface area contributed by atoms with Gasteiger partial charge in [0.2, 0.25) is 11.8 Å². The first-order valence-corrected chi connectivity index (χ1v) is 9.59. The van der Waals surface area contributed by atoms with Gasteiger partial charge in [0.05, 0.1) is 13.0 Å². The van der Waals surface area contributed by atoms with E-state index in [1.54, 1.807) is 48.3 Å². The monoisotopic (exact) mass is 438 g/mol. The van der Waals surface area contributed by atoms with Crippen molar-refractivity contribution in [1.29, 1.82) is 0 Å². The molecule has 1 unspecified atom stereocenters. The zero-order chi connectivity index (χ0) is 21.8. The van der Waals surface area contributed by atoms with Gasteiger partial charge in [-0.1, -0.05) is 17.7 Å². The van der Waals surface area contributed by atoms with Crippen molar-refractivity contribution in [1.82, 2.24) is 4.90 Å². The average Bonchev–Trinajstić information content (AvgIpc) is 3.10. The molecule has 0 radical (unpaired) electrons. The minimum absolute atomic E-state index is 0.0785. The predicted molar refractivity (Wildman–Crippen MR) is 108 cm³/mol. The Morgan fingerprint density at radius 1 is 1.23 bits per heavy atom. The number of carbonyl (C=O) groups is 2. The lowest BCUT2D eigenvalue weighted by Gasteiger charge is -2.22. The summed E-state index contributed by atoms with van der Waals surface area (Å²) in [5, 5.41) is 0.568. The average molecular weight is 439 g/mol. The largest absolute Gasteiger partial charge is 0.493 e. The van der Waals surface area contributed by atoms with Gasteiger partial charge in [-0.25, -0.2) is 0 Å². The highest BCUT2D eigenvalue weighted by Crippen LogP contribution is 2.31. The van der Waals surface area contributed by atoms with E-state index < -0.39 is 12.5 Å². The van der Waals surface area contributed by atoms with E-state index in [0.29, 0.717) is 16.3 Å². The third kappa shape index (κ3) is 4.99. The lowest BCUT2D eigenvalue weighted by atomic mass is 10.1. The van der Waals surface area contributed by atoms with Crippen LogP contribution in [0.4, 0.5) is 14.5 Å². The number of benzene rings is 2. The number of hydrogen-bond acceptors (Lipinski definition) is 4. The number of hydrogen-bond donors (Lipinski definition) is 0.